The molecule has 1 aromatic rings. The number of anilines is 1. The number of aromatic nitrogens is 2. The molecule has 20 heavy (non-hydrogen) atoms. The highest BCUT2D eigenvalue weighted by atomic mass is 16.2. The molecule has 7 heteroatoms. The molecule has 0 saturated heterocycles. The Balaban J connectivity index is 2.41. The summed E-state index contributed by atoms with van der Waals surface area (Å²) in [5, 5.41) is 8.23. The predicted molar refractivity (Wildman–Crippen MR) is 76.4 cm³/mol. The average Bonchev–Trinajstić information content (AvgIpc) is 2.49. The van der Waals surface area contributed by atoms with Gasteiger partial charge in [0.15, 0.2) is 0 Å². The molecule has 0 fully saturated rings. The van der Waals surface area contributed by atoms with Crippen LogP contribution in [-0.4, -0.2) is 41.4 Å². The normalized spacial score (nSPS) is 9.90. The van der Waals surface area contributed by atoms with E-state index in [0.29, 0.717) is 12.4 Å². The van der Waals surface area contributed by atoms with E-state index in [1.54, 1.807) is 0 Å². The van der Waals surface area contributed by atoms with Gasteiger partial charge >= 0.3 is 0 Å². The van der Waals surface area contributed by atoms with Gasteiger partial charge in [0.1, 0.15) is 11.5 Å². The summed E-state index contributed by atoms with van der Waals surface area (Å²) in [7, 11) is 0. The zero-order valence-corrected chi connectivity index (χ0v) is 11.9. The number of hydrogen-bond donors (Lipinski definition) is 3. The van der Waals surface area contributed by atoms with E-state index >= 15 is 0 Å². The molecule has 1 aromatic heterocycles. The second-order valence-electron chi connectivity index (χ2n) is 4.25. The SMILES string of the molecule is CCCNC(=O)CNC(=O)c1cnc(NCCC)cn1. The van der Waals surface area contributed by atoms with Gasteiger partial charge in [-0.15, -0.1) is 0 Å². The lowest BCUT2D eigenvalue weighted by Crippen LogP contribution is -2.37. The third-order valence-corrected chi connectivity index (χ3v) is 2.42. The first-order valence-corrected chi connectivity index (χ1v) is 6.78. The molecule has 3 N–H and O–H groups in total. The van der Waals surface area contributed by atoms with Crippen molar-refractivity contribution in [3.63, 3.8) is 0 Å². The smallest absolute Gasteiger partial charge is 0.271 e. The van der Waals surface area contributed by atoms with E-state index in [-0.39, 0.29) is 18.1 Å². The van der Waals surface area contributed by atoms with Gasteiger partial charge in [-0.25, -0.2) is 9.97 Å². The van der Waals surface area contributed by atoms with Gasteiger partial charge in [-0.1, -0.05) is 13.8 Å². The molecular formula is C13H21N5O2. The summed E-state index contributed by atoms with van der Waals surface area (Å²) in [6, 6.07) is 0. The molecule has 2 amide bonds. The number of hydrogen-bond acceptors (Lipinski definition) is 5. The Kier molecular flexibility index (Phi) is 7.02. The molecule has 110 valence electrons. The molecule has 0 radical (unpaired) electrons. The molecular weight excluding hydrogens is 258 g/mol. The van der Waals surface area contributed by atoms with Gasteiger partial charge < -0.3 is 16.0 Å². The lowest BCUT2D eigenvalue weighted by atomic mass is 10.4. The lowest BCUT2D eigenvalue weighted by Gasteiger charge is -2.06. The van der Waals surface area contributed by atoms with Crippen LogP contribution in [0.2, 0.25) is 0 Å². The highest BCUT2D eigenvalue weighted by Crippen LogP contribution is 2.00. The molecule has 0 bridgehead atoms. The van der Waals surface area contributed by atoms with Crippen molar-refractivity contribution in [2.24, 2.45) is 0 Å². The molecule has 0 spiro atoms. The Hall–Kier alpha value is -2.18. The molecule has 0 saturated carbocycles. The number of rotatable bonds is 8. The van der Waals surface area contributed by atoms with Crippen molar-refractivity contribution in [3.05, 3.63) is 18.1 Å². The Morgan fingerprint density at radius 3 is 2.40 bits per heavy atom. The van der Waals surface area contributed by atoms with Crippen molar-refractivity contribution in [2.45, 2.75) is 26.7 Å². The van der Waals surface area contributed by atoms with Crippen LogP contribution in [0.25, 0.3) is 0 Å². The predicted octanol–water partition coefficient (Wildman–Crippen LogP) is 0.554. The maximum absolute atomic E-state index is 11.7. The van der Waals surface area contributed by atoms with E-state index < -0.39 is 5.91 Å². The van der Waals surface area contributed by atoms with Crippen molar-refractivity contribution in [1.82, 2.24) is 20.6 Å². The van der Waals surface area contributed by atoms with Crippen LogP contribution in [0.5, 0.6) is 0 Å². The van der Waals surface area contributed by atoms with Crippen LogP contribution in [0.1, 0.15) is 37.2 Å². The molecule has 0 atom stereocenters. The fourth-order valence-corrected chi connectivity index (χ4v) is 1.37. The van der Waals surface area contributed by atoms with E-state index in [1.807, 2.05) is 13.8 Å². The van der Waals surface area contributed by atoms with Gasteiger partial charge in [-0.2, -0.15) is 0 Å². The van der Waals surface area contributed by atoms with E-state index in [2.05, 4.69) is 25.9 Å². The third-order valence-electron chi connectivity index (χ3n) is 2.42. The van der Waals surface area contributed by atoms with Crippen molar-refractivity contribution >= 4 is 17.6 Å². The van der Waals surface area contributed by atoms with Crippen molar-refractivity contribution in [3.8, 4) is 0 Å². The molecule has 1 heterocycles. The van der Waals surface area contributed by atoms with E-state index in [4.69, 9.17) is 0 Å². The number of carbonyl (C=O) groups is 2. The number of amides is 2. The van der Waals surface area contributed by atoms with Crippen LogP contribution in [0, 0.1) is 0 Å². The Morgan fingerprint density at radius 1 is 1.05 bits per heavy atom. The topological polar surface area (TPSA) is 96.0 Å². The van der Waals surface area contributed by atoms with Gasteiger partial charge in [0.05, 0.1) is 18.9 Å². The summed E-state index contributed by atoms with van der Waals surface area (Å²) in [5.41, 5.74) is 0.190. The van der Waals surface area contributed by atoms with Crippen LogP contribution in [0.15, 0.2) is 12.4 Å². The Bertz CT molecular complexity index is 433. The van der Waals surface area contributed by atoms with Gasteiger partial charge in [0, 0.05) is 13.1 Å². The van der Waals surface area contributed by atoms with Crippen molar-refractivity contribution < 1.29 is 9.59 Å². The first-order valence-electron chi connectivity index (χ1n) is 6.78. The average molecular weight is 279 g/mol. The van der Waals surface area contributed by atoms with E-state index in [1.165, 1.54) is 12.4 Å². The summed E-state index contributed by atoms with van der Waals surface area (Å²) in [6.45, 7) is 5.36. The van der Waals surface area contributed by atoms with Gasteiger partial charge in [-0.3, -0.25) is 9.59 Å². The third kappa shape index (κ3) is 5.64. The summed E-state index contributed by atoms with van der Waals surface area (Å²) >= 11 is 0. The molecule has 1 rings (SSSR count). The van der Waals surface area contributed by atoms with Crippen molar-refractivity contribution in [2.75, 3.05) is 25.0 Å². The fraction of sp³-hybridized carbons (Fsp3) is 0.538. The largest absolute Gasteiger partial charge is 0.369 e. The van der Waals surface area contributed by atoms with Crippen LogP contribution < -0.4 is 16.0 Å². The minimum atomic E-state index is -0.411. The highest BCUT2D eigenvalue weighted by Gasteiger charge is 2.09. The molecule has 0 aliphatic carbocycles. The van der Waals surface area contributed by atoms with Crippen LogP contribution in [-0.2, 0) is 4.79 Å². The molecule has 7 nitrogen and oxygen atoms in total. The van der Waals surface area contributed by atoms with Crippen LogP contribution >= 0.6 is 0 Å². The summed E-state index contributed by atoms with van der Waals surface area (Å²) in [6.07, 6.45) is 4.73. The lowest BCUT2D eigenvalue weighted by molar-refractivity contribution is -0.120. The van der Waals surface area contributed by atoms with E-state index in [9.17, 15) is 9.59 Å². The monoisotopic (exact) mass is 279 g/mol. The molecule has 0 aliphatic rings. The van der Waals surface area contributed by atoms with Gasteiger partial charge in [-0.05, 0) is 12.8 Å². The molecule has 0 aromatic carbocycles. The molecule has 0 unspecified atom stereocenters. The second-order valence-corrected chi connectivity index (χ2v) is 4.25. The Morgan fingerprint density at radius 2 is 1.80 bits per heavy atom. The number of nitrogens with zero attached hydrogens (tertiary/aromatic N) is 2. The molecule has 0 aliphatic heterocycles. The summed E-state index contributed by atoms with van der Waals surface area (Å²) in [5.74, 6) is 0.00432. The number of nitrogens with one attached hydrogen (secondary N) is 3. The maximum atomic E-state index is 11.7. The summed E-state index contributed by atoms with van der Waals surface area (Å²) in [4.78, 5) is 31.2. The first kappa shape index (κ1) is 15.9. The zero-order valence-electron chi connectivity index (χ0n) is 11.9. The first-order chi connectivity index (χ1) is 9.67. The minimum Gasteiger partial charge on any atom is -0.369 e. The maximum Gasteiger partial charge on any atom is 0.271 e. The van der Waals surface area contributed by atoms with Crippen molar-refractivity contribution in [1.29, 1.82) is 0 Å². The number of carbonyl (C=O) groups excluding carboxylic acids is 2. The quantitative estimate of drug-likeness (QED) is 0.646. The fourth-order valence-electron chi connectivity index (χ4n) is 1.37. The standard InChI is InChI=1S/C13H21N5O2/c1-3-5-14-11-8-16-10(7-17-11)13(20)18-9-12(19)15-6-4-2/h7-8H,3-6,9H2,1-2H3,(H,14,17)(H,15,19)(H,18,20). The van der Waals surface area contributed by atoms with E-state index in [0.717, 1.165) is 19.4 Å². The van der Waals surface area contributed by atoms with Crippen LogP contribution in [0.3, 0.4) is 0 Å². The van der Waals surface area contributed by atoms with Gasteiger partial charge in [0.25, 0.3) is 5.91 Å². The van der Waals surface area contributed by atoms with Crippen LogP contribution in [0.4, 0.5) is 5.82 Å². The second kappa shape index (κ2) is 8.84. The summed E-state index contributed by atoms with van der Waals surface area (Å²) < 4.78 is 0. The highest BCUT2D eigenvalue weighted by molar-refractivity contribution is 5.94. The minimum absolute atomic E-state index is 0.0592. The zero-order chi connectivity index (χ0) is 14.8. The Labute approximate surface area is 118 Å². The van der Waals surface area contributed by atoms with Gasteiger partial charge in [0.2, 0.25) is 5.91 Å².